The molecule has 2 unspecified atom stereocenters. The van der Waals surface area contributed by atoms with Gasteiger partial charge in [0.25, 0.3) is 0 Å². The van der Waals surface area contributed by atoms with Gasteiger partial charge in [-0.2, -0.15) is 0 Å². The second kappa shape index (κ2) is 4.82. The van der Waals surface area contributed by atoms with Crippen molar-refractivity contribution >= 4 is 21.5 Å². The Morgan fingerprint density at radius 1 is 1.23 bits per heavy atom. The molecule has 3 rings (SSSR count). The number of rotatable bonds is 4. The third kappa shape index (κ3) is 2.26. The zero-order chi connectivity index (χ0) is 16.2. The van der Waals surface area contributed by atoms with Crippen LogP contribution < -0.4 is 0 Å². The van der Waals surface area contributed by atoms with Crippen LogP contribution in [-0.2, 0) is 14.8 Å². The molecular weight excluding hydrogens is 298 g/mol. The molecule has 2 atom stereocenters. The molecule has 0 spiro atoms. The van der Waals surface area contributed by atoms with Crippen molar-refractivity contribution < 1.29 is 13.2 Å². The van der Waals surface area contributed by atoms with E-state index in [0.717, 1.165) is 12.0 Å². The molecule has 0 heterocycles. The minimum atomic E-state index is -3.67. The zero-order valence-corrected chi connectivity index (χ0v) is 14.1. The van der Waals surface area contributed by atoms with Gasteiger partial charge in [0.05, 0.1) is 10.0 Å². The van der Waals surface area contributed by atoms with E-state index >= 15 is 0 Å². The summed E-state index contributed by atoms with van der Waals surface area (Å²) in [6.07, 6.45) is 2.14. The Morgan fingerprint density at radius 2 is 1.86 bits per heavy atom. The van der Waals surface area contributed by atoms with E-state index in [1.165, 1.54) is 0 Å². The Balaban J connectivity index is 1.85. The molecule has 1 aromatic rings. The van der Waals surface area contributed by atoms with E-state index in [1.54, 1.807) is 12.1 Å². The number of sulfonamides is 1. The Labute approximate surface area is 132 Å². The second-order valence-electron chi connectivity index (χ2n) is 7.32. The van der Waals surface area contributed by atoms with E-state index < -0.39 is 15.4 Å². The number of carbonyl (C=O) groups excluding carboxylic acids is 1. The molecule has 22 heavy (non-hydrogen) atoms. The number of fused-ring (bicyclic) bond motifs is 2. The van der Waals surface area contributed by atoms with Crippen LogP contribution in [0, 0.1) is 23.7 Å². The van der Waals surface area contributed by atoms with Crippen molar-refractivity contribution in [2.24, 2.45) is 16.7 Å². The van der Waals surface area contributed by atoms with Gasteiger partial charge < -0.3 is 4.72 Å². The van der Waals surface area contributed by atoms with Crippen molar-refractivity contribution in [1.29, 1.82) is 0 Å². The maximum atomic E-state index is 12.5. The smallest absolute Gasteiger partial charge is 0.140 e. The molecule has 0 aliphatic heterocycles. The first-order chi connectivity index (χ1) is 10.2. The average Bonchev–Trinajstić information content (AvgIpc) is 2.74. The van der Waals surface area contributed by atoms with E-state index in [1.807, 2.05) is 32.9 Å². The highest BCUT2D eigenvalue weighted by Crippen LogP contribution is 2.64. The summed E-state index contributed by atoms with van der Waals surface area (Å²) in [5.74, 6) is 0.266. The van der Waals surface area contributed by atoms with Gasteiger partial charge in [0.2, 0.25) is 0 Å². The largest absolute Gasteiger partial charge is 0.577 e. The SMILES string of the molecule is Cc1ccc([N-]S(=O)(=O)CC23CCC(CC2=O)C3(C)C)cc1. The Morgan fingerprint density at radius 3 is 2.36 bits per heavy atom. The lowest BCUT2D eigenvalue weighted by molar-refractivity contribution is -0.128. The lowest BCUT2D eigenvalue weighted by Gasteiger charge is -2.38. The molecule has 120 valence electrons. The highest BCUT2D eigenvalue weighted by Gasteiger charge is 2.64. The maximum absolute atomic E-state index is 12.5. The molecule has 2 aliphatic carbocycles. The second-order valence-corrected chi connectivity index (χ2v) is 8.95. The molecule has 4 nitrogen and oxygen atoms in total. The van der Waals surface area contributed by atoms with Gasteiger partial charge in [-0.15, -0.1) is 5.69 Å². The first-order valence-corrected chi connectivity index (χ1v) is 9.33. The Hall–Kier alpha value is -1.36. The van der Waals surface area contributed by atoms with E-state index in [9.17, 15) is 13.2 Å². The van der Waals surface area contributed by atoms with Gasteiger partial charge >= 0.3 is 0 Å². The zero-order valence-electron chi connectivity index (χ0n) is 13.3. The van der Waals surface area contributed by atoms with E-state index in [4.69, 9.17) is 0 Å². The lowest BCUT2D eigenvalue weighted by atomic mass is 9.70. The van der Waals surface area contributed by atoms with Gasteiger partial charge in [-0.1, -0.05) is 43.7 Å². The van der Waals surface area contributed by atoms with Crippen molar-refractivity contribution in [2.75, 3.05) is 5.75 Å². The summed E-state index contributed by atoms with van der Waals surface area (Å²) in [6, 6.07) is 7.07. The summed E-state index contributed by atoms with van der Waals surface area (Å²) in [5, 5.41) is 0. The number of hydrogen-bond donors (Lipinski definition) is 0. The minimum Gasteiger partial charge on any atom is -0.577 e. The summed E-state index contributed by atoms with van der Waals surface area (Å²) < 4.78 is 29.0. The van der Waals surface area contributed by atoms with E-state index in [0.29, 0.717) is 24.4 Å². The highest BCUT2D eigenvalue weighted by molar-refractivity contribution is 7.94. The highest BCUT2D eigenvalue weighted by atomic mass is 32.2. The molecule has 2 saturated carbocycles. The van der Waals surface area contributed by atoms with Crippen LogP contribution in [0.2, 0.25) is 0 Å². The van der Waals surface area contributed by atoms with Crippen LogP contribution in [0.4, 0.5) is 5.69 Å². The molecule has 2 aliphatic rings. The fraction of sp³-hybridized carbons (Fsp3) is 0.588. The molecule has 0 amide bonds. The number of nitrogens with zero attached hydrogens (tertiary/aromatic N) is 1. The predicted molar refractivity (Wildman–Crippen MR) is 86.5 cm³/mol. The van der Waals surface area contributed by atoms with E-state index in [2.05, 4.69) is 4.72 Å². The molecular formula is C17H22NO3S-. The van der Waals surface area contributed by atoms with Crippen molar-refractivity contribution in [3.8, 4) is 0 Å². The number of carbonyl (C=O) groups is 1. The number of hydrogen-bond acceptors (Lipinski definition) is 3. The minimum absolute atomic E-state index is 0.108. The summed E-state index contributed by atoms with van der Waals surface area (Å²) >= 11 is 0. The molecule has 1 aromatic carbocycles. The number of ketones is 1. The standard InChI is InChI=1S/C17H22NO3S/c1-12-4-6-14(7-5-12)18-22(20,21)11-17-9-8-13(10-15(17)19)16(17,2)3/h4-7,13H,8-11H2,1-3H3/q-1. The summed E-state index contributed by atoms with van der Waals surface area (Å²) in [5.41, 5.74) is 0.491. The number of aryl methyl sites for hydroxylation is 1. The molecule has 0 saturated heterocycles. The first-order valence-electron chi connectivity index (χ1n) is 7.72. The van der Waals surface area contributed by atoms with E-state index in [-0.39, 0.29) is 17.0 Å². The average molecular weight is 320 g/mol. The topological polar surface area (TPSA) is 65.3 Å². The number of Topliss-reactive ketones (excluding diaryl/α,β-unsaturated/α-hetero) is 1. The summed E-state index contributed by atoms with van der Waals surface area (Å²) in [7, 11) is -3.67. The van der Waals surface area contributed by atoms with Gasteiger partial charge in [-0.25, -0.2) is 8.42 Å². The summed E-state index contributed by atoms with van der Waals surface area (Å²) in [4.78, 5) is 12.4. The van der Waals surface area contributed by atoms with Crippen molar-refractivity contribution in [3.05, 3.63) is 34.6 Å². The molecule has 0 aromatic heterocycles. The number of benzene rings is 1. The lowest BCUT2D eigenvalue weighted by Crippen LogP contribution is -2.41. The molecule has 0 N–H and O–H groups in total. The van der Waals surface area contributed by atoms with Crippen molar-refractivity contribution in [2.45, 2.75) is 40.0 Å². The monoisotopic (exact) mass is 320 g/mol. The Kier molecular flexibility index (Phi) is 3.40. The third-order valence-electron chi connectivity index (χ3n) is 5.85. The fourth-order valence-electron chi connectivity index (χ4n) is 4.22. The first kappa shape index (κ1) is 15.5. The van der Waals surface area contributed by atoms with Gasteiger partial charge in [-0.05, 0) is 31.1 Å². The molecule has 2 bridgehead atoms. The van der Waals surface area contributed by atoms with Crippen LogP contribution >= 0.6 is 0 Å². The fourth-order valence-corrected chi connectivity index (χ4v) is 6.03. The van der Waals surface area contributed by atoms with Crippen LogP contribution in [0.25, 0.3) is 4.72 Å². The van der Waals surface area contributed by atoms with Crippen LogP contribution in [0.5, 0.6) is 0 Å². The van der Waals surface area contributed by atoms with Crippen LogP contribution in [0.3, 0.4) is 0 Å². The van der Waals surface area contributed by atoms with Crippen LogP contribution in [0.1, 0.15) is 38.7 Å². The predicted octanol–water partition coefficient (Wildman–Crippen LogP) is 3.73. The quantitative estimate of drug-likeness (QED) is 0.849. The Bertz CT molecular complexity index is 706. The van der Waals surface area contributed by atoms with Gasteiger partial charge in [0.1, 0.15) is 5.78 Å². The van der Waals surface area contributed by atoms with Crippen molar-refractivity contribution in [1.82, 2.24) is 0 Å². The molecule has 0 radical (unpaired) electrons. The van der Waals surface area contributed by atoms with Crippen LogP contribution in [-0.4, -0.2) is 20.0 Å². The van der Waals surface area contributed by atoms with Crippen LogP contribution in [0.15, 0.2) is 24.3 Å². The third-order valence-corrected chi connectivity index (χ3v) is 7.19. The van der Waals surface area contributed by atoms with Gasteiger partial charge in [-0.3, -0.25) is 4.79 Å². The van der Waals surface area contributed by atoms with Crippen molar-refractivity contribution in [3.63, 3.8) is 0 Å². The normalized spacial score (nSPS) is 29.8. The maximum Gasteiger partial charge on any atom is 0.140 e. The van der Waals surface area contributed by atoms with Gasteiger partial charge in [0, 0.05) is 17.6 Å². The molecule has 2 fully saturated rings. The summed E-state index contributed by atoms with van der Waals surface area (Å²) in [6.45, 7) is 6.02. The van der Waals surface area contributed by atoms with Gasteiger partial charge in [0.15, 0.2) is 0 Å². The molecule has 5 heteroatoms.